The number of ether oxygens (including phenoxy) is 2. The Morgan fingerprint density at radius 3 is 2.92 bits per heavy atom. The number of hydrogen-bond acceptors (Lipinski definition) is 3. The normalized spacial score (nSPS) is 31.5. The second-order valence-corrected chi connectivity index (χ2v) is 3.58. The summed E-state index contributed by atoms with van der Waals surface area (Å²) in [5, 5.41) is 3.29. The first kappa shape index (κ1) is 8.48. The summed E-state index contributed by atoms with van der Waals surface area (Å²) in [7, 11) is 0. The van der Waals surface area contributed by atoms with Crippen LogP contribution >= 0.6 is 0 Å². The average Bonchev–Trinajstić information content (AvgIpc) is 2.04. The first-order valence-corrected chi connectivity index (χ1v) is 4.89. The summed E-state index contributed by atoms with van der Waals surface area (Å²) in [5.41, 5.74) is 0. The number of rotatable bonds is 3. The van der Waals surface area contributed by atoms with Crippen LogP contribution in [0.5, 0.6) is 0 Å². The molecule has 1 N–H and O–H groups in total. The highest BCUT2D eigenvalue weighted by Gasteiger charge is 2.20. The smallest absolute Gasteiger partial charge is 0.0933 e. The van der Waals surface area contributed by atoms with Gasteiger partial charge in [0.1, 0.15) is 0 Å². The fourth-order valence-electron chi connectivity index (χ4n) is 1.51. The SMILES string of the molecule is C1CC(OCC2CNCCO2)C1. The van der Waals surface area contributed by atoms with Crippen molar-refractivity contribution in [3.8, 4) is 0 Å². The van der Waals surface area contributed by atoms with E-state index in [0.29, 0.717) is 12.2 Å². The molecule has 2 fully saturated rings. The minimum absolute atomic E-state index is 0.291. The molecule has 0 aromatic rings. The molecule has 0 spiro atoms. The van der Waals surface area contributed by atoms with Gasteiger partial charge >= 0.3 is 0 Å². The van der Waals surface area contributed by atoms with E-state index in [9.17, 15) is 0 Å². The molecule has 0 amide bonds. The summed E-state index contributed by atoms with van der Waals surface area (Å²) in [5.74, 6) is 0. The Bertz CT molecular complexity index is 130. The highest BCUT2D eigenvalue weighted by atomic mass is 16.5. The monoisotopic (exact) mass is 171 g/mol. The maximum atomic E-state index is 5.65. The van der Waals surface area contributed by atoms with Crippen LogP contribution in [-0.2, 0) is 9.47 Å². The number of hydrogen-bond donors (Lipinski definition) is 1. The highest BCUT2D eigenvalue weighted by molar-refractivity contribution is 4.72. The third-order valence-electron chi connectivity index (χ3n) is 2.57. The van der Waals surface area contributed by atoms with Crippen LogP contribution in [0.4, 0.5) is 0 Å². The quantitative estimate of drug-likeness (QED) is 0.672. The van der Waals surface area contributed by atoms with Gasteiger partial charge in [0.05, 0.1) is 25.4 Å². The fourth-order valence-corrected chi connectivity index (χ4v) is 1.51. The summed E-state index contributed by atoms with van der Waals surface area (Å²) in [6.45, 7) is 3.54. The molecule has 3 nitrogen and oxygen atoms in total. The van der Waals surface area contributed by atoms with Crippen molar-refractivity contribution in [3.05, 3.63) is 0 Å². The van der Waals surface area contributed by atoms with E-state index >= 15 is 0 Å². The first-order chi connectivity index (χ1) is 5.95. The first-order valence-electron chi connectivity index (χ1n) is 4.89. The zero-order valence-corrected chi connectivity index (χ0v) is 7.42. The van der Waals surface area contributed by atoms with Crippen molar-refractivity contribution in [1.82, 2.24) is 5.32 Å². The van der Waals surface area contributed by atoms with Crippen LogP contribution < -0.4 is 5.32 Å². The molecule has 1 unspecified atom stereocenters. The molecule has 3 heteroatoms. The lowest BCUT2D eigenvalue weighted by atomic mass is 9.96. The van der Waals surface area contributed by atoms with E-state index in [1.54, 1.807) is 0 Å². The molecule has 0 radical (unpaired) electrons. The Morgan fingerprint density at radius 1 is 1.42 bits per heavy atom. The standard InChI is InChI=1S/C9H17NO2/c1-2-8(3-1)12-7-9-6-10-4-5-11-9/h8-10H,1-7H2. The molecule has 1 atom stereocenters. The van der Waals surface area contributed by atoms with Crippen LogP contribution in [0.2, 0.25) is 0 Å². The van der Waals surface area contributed by atoms with Gasteiger partial charge in [0.25, 0.3) is 0 Å². The van der Waals surface area contributed by atoms with Crippen molar-refractivity contribution < 1.29 is 9.47 Å². The van der Waals surface area contributed by atoms with Gasteiger partial charge in [0, 0.05) is 13.1 Å². The van der Waals surface area contributed by atoms with Gasteiger partial charge in [0.15, 0.2) is 0 Å². The van der Waals surface area contributed by atoms with Gasteiger partial charge in [-0.05, 0) is 19.3 Å². The van der Waals surface area contributed by atoms with Crippen LogP contribution in [0, 0.1) is 0 Å². The van der Waals surface area contributed by atoms with Gasteiger partial charge < -0.3 is 14.8 Å². The molecule has 1 saturated carbocycles. The van der Waals surface area contributed by atoms with Gasteiger partial charge in [-0.3, -0.25) is 0 Å². The number of nitrogens with one attached hydrogen (secondary N) is 1. The molecular weight excluding hydrogens is 154 g/mol. The third-order valence-corrected chi connectivity index (χ3v) is 2.57. The summed E-state index contributed by atoms with van der Waals surface area (Å²) >= 11 is 0. The Morgan fingerprint density at radius 2 is 2.33 bits per heavy atom. The predicted molar refractivity (Wildman–Crippen MR) is 46.2 cm³/mol. The van der Waals surface area contributed by atoms with E-state index in [2.05, 4.69) is 5.32 Å². The predicted octanol–water partition coefficient (Wildman–Crippen LogP) is 0.544. The maximum absolute atomic E-state index is 5.65. The van der Waals surface area contributed by atoms with Crippen LogP contribution in [0.25, 0.3) is 0 Å². The van der Waals surface area contributed by atoms with Crippen molar-refractivity contribution in [2.45, 2.75) is 31.5 Å². The molecule has 2 rings (SSSR count). The summed E-state index contributed by atoms with van der Waals surface area (Å²) in [6.07, 6.45) is 4.67. The van der Waals surface area contributed by atoms with Gasteiger partial charge in [-0.2, -0.15) is 0 Å². The Hall–Kier alpha value is -0.120. The van der Waals surface area contributed by atoms with Crippen LogP contribution in [0.3, 0.4) is 0 Å². The average molecular weight is 171 g/mol. The molecule has 0 aromatic heterocycles. The minimum Gasteiger partial charge on any atom is -0.375 e. The van der Waals surface area contributed by atoms with Crippen LogP contribution in [-0.4, -0.2) is 38.5 Å². The molecule has 0 aromatic carbocycles. The molecule has 1 heterocycles. The van der Waals surface area contributed by atoms with E-state index < -0.39 is 0 Å². The zero-order chi connectivity index (χ0) is 8.23. The third kappa shape index (κ3) is 2.19. The lowest BCUT2D eigenvalue weighted by Crippen LogP contribution is -2.42. The molecule has 12 heavy (non-hydrogen) atoms. The molecule has 70 valence electrons. The number of morpholine rings is 1. The van der Waals surface area contributed by atoms with E-state index in [-0.39, 0.29) is 0 Å². The lowest BCUT2D eigenvalue weighted by molar-refractivity contribution is -0.0743. The molecule has 1 aliphatic carbocycles. The van der Waals surface area contributed by atoms with E-state index in [0.717, 1.165) is 26.3 Å². The summed E-state index contributed by atoms with van der Waals surface area (Å²) < 4.78 is 11.2. The van der Waals surface area contributed by atoms with Gasteiger partial charge in [-0.15, -0.1) is 0 Å². The Balaban J connectivity index is 1.58. The summed E-state index contributed by atoms with van der Waals surface area (Å²) in [6, 6.07) is 0. The van der Waals surface area contributed by atoms with E-state index in [4.69, 9.17) is 9.47 Å². The van der Waals surface area contributed by atoms with Crippen LogP contribution in [0.15, 0.2) is 0 Å². The Labute approximate surface area is 73.4 Å². The van der Waals surface area contributed by atoms with Crippen molar-refractivity contribution in [2.24, 2.45) is 0 Å². The largest absolute Gasteiger partial charge is 0.375 e. The second kappa shape index (κ2) is 4.21. The molecule has 0 bridgehead atoms. The van der Waals surface area contributed by atoms with Crippen molar-refractivity contribution in [2.75, 3.05) is 26.3 Å². The minimum atomic E-state index is 0.291. The topological polar surface area (TPSA) is 30.5 Å². The molecule has 1 aliphatic heterocycles. The van der Waals surface area contributed by atoms with Crippen molar-refractivity contribution >= 4 is 0 Å². The van der Waals surface area contributed by atoms with Crippen molar-refractivity contribution in [1.29, 1.82) is 0 Å². The van der Waals surface area contributed by atoms with Gasteiger partial charge in [-0.25, -0.2) is 0 Å². The van der Waals surface area contributed by atoms with Crippen LogP contribution in [0.1, 0.15) is 19.3 Å². The lowest BCUT2D eigenvalue weighted by Gasteiger charge is -2.29. The molecular formula is C9H17NO2. The van der Waals surface area contributed by atoms with Crippen molar-refractivity contribution in [3.63, 3.8) is 0 Å². The van der Waals surface area contributed by atoms with E-state index in [1.165, 1.54) is 19.3 Å². The fraction of sp³-hybridized carbons (Fsp3) is 1.00. The summed E-state index contributed by atoms with van der Waals surface area (Å²) in [4.78, 5) is 0. The zero-order valence-electron chi connectivity index (χ0n) is 7.42. The maximum Gasteiger partial charge on any atom is 0.0933 e. The second-order valence-electron chi connectivity index (χ2n) is 3.58. The van der Waals surface area contributed by atoms with Gasteiger partial charge in [0.2, 0.25) is 0 Å². The van der Waals surface area contributed by atoms with E-state index in [1.807, 2.05) is 0 Å². The van der Waals surface area contributed by atoms with Gasteiger partial charge in [-0.1, -0.05) is 0 Å². The molecule has 1 saturated heterocycles. The highest BCUT2D eigenvalue weighted by Crippen LogP contribution is 2.22. The Kier molecular flexibility index (Phi) is 2.98. The molecule has 2 aliphatic rings.